The second-order valence-electron chi connectivity index (χ2n) is 5.91. The van der Waals surface area contributed by atoms with Gasteiger partial charge in [0.05, 0.1) is 7.11 Å². The number of amides is 3. The van der Waals surface area contributed by atoms with Crippen molar-refractivity contribution >= 4 is 23.6 Å². The number of aromatic nitrogens is 1. The van der Waals surface area contributed by atoms with Crippen molar-refractivity contribution in [1.82, 2.24) is 10.3 Å². The number of nitrogens with one attached hydrogen (secondary N) is 2. The zero-order valence-corrected chi connectivity index (χ0v) is 15.8. The summed E-state index contributed by atoms with van der Waals surface area (Å²) in [6.07, 6.45) is 0.229. The van der Waals surface area contributed by atoms with Crippen LogP contribution in [0.3, 0.4) is 0 Å². The van der Waals surface area contributed by atoms with Crippen LogP contribution in [0, 0.1) is 0 Å². The molecule has 0 unspecified atom stereocenters. The summed E-state index contributed by atoms with van der Waals surface area (Å²) < 4.78 is 20.9. The highest BCUT2D eigenvalue weighted by molar-refractivity contribution is 6.03. The van der Waals surface area contributed by atoms with Crippen molar-refractivity contribution in [1.29, 1.82) is 0 Å². The number of rotatable bonds is 5. The molecule has 0 bridgehead atoms. The molecule has 29 heavy (non-hydrogen) atoms. The zero-order chi connectivity index (χ0) is 20.8. The second-order valence-corrected chi connectivity index (χ2v) is 5.91. The number of fused-ring (bicyclic) bond motifs is 1. The maximum Gasteiger partial charge on any atom is 0.344 e. The van der Waals surface area contributed by atoms with E-state index in [1.807, 2.05) is 0 Å². The van der Waals surface area contributed by atoms with E-state index in [0.29, 0.717) is 30.4 Å². The number of carbonyl (C=O) groups excluding carboxylic acids is 3. The second kappa shape index (κ2) is 8.91. The van der Waals surface area contributed by atoms with Gasteiger partial charge in [0.1, 0.15) is 18.8 Å². The van der Waals surface area contributed by atoms with E-state index < -0.39 is 24.0 Å². The average Bonchev–Trinajstić information content (AvgIpc) is 2.73. The van der Waals surface area contributed by atoms with E-state index in [1.54, 1.807) is 18.2 Å². The van der Waals surface area contributed by atoms with Gasteiger partial charge in [-0.1, -0.05) is 0 Å². The fourth-order valence-electron chi connectivity index (χ4n) is 2.48. The number of imide groups is 1. The van der Waals surface area contributed by atoms with Crippen LogP contribution in [0.25, 0.3) is 0 Å². The Hall–Kier alpha value is -3.82. The topological polar surface area (TPSA) is 125 Å². The Labute approximate surface area is 166 Å². The lowest BCUT2D eigenvalue weighted by Gasteiger charge is -2.19. The molecule has 0 saturated carbocycles. The van der Waals surface area contributed by atoms with Gasteiger partial charge < -0.3 is 24.3 Å². The first kappa shape index (κ1) is 19.9. The molecular formula is C19H19N3O7. The lowest BCUT2D eigenvalue weighted by Crippen LogP contribution is -2.41. The SMILES string of the molecule is COc1ncccc1C(=O)O[C@H](C)C(=O)NC(=O)Nc1ccc2c(c1)OCCO2. The predicted octanol–water partition coefficient (Wildman–Crippen LogP) is 1.75. The zero-order valence-electron chi connectivity index (χ0n) is 15.8. The van der Waals surface area contributed by atoms with Crippen LogP contribution in [-0.4, -0.2) is 49.3 Å². The molecule has 1 aliphatic rings. The van der Waals surface area contributed by atoms with E-state index in [1.165, 1.54) is 32.4 Å². The molecule has 2 N–H and O–H groups in total. The van der Waals surface area contributed by atoms with Crippen molar-refractivity contribution in [3.63, 3.8) is 0 Å². The fraction of sp³-hybridized carbons (Fsp3) is 0.263. The van der Waals surface area contributed by atoms with Crippen LogP contribution in [0.2, 0.25) is 0 Å². The third kappa shape index (κ3) is 4.92. The Morgan fingerprint density at radius 3 is 2.66 bits per heavy atom. The predicted molar refractivity (Wildman–Crippen MR) is 100 cm³/mol. The van der Waals surface area contributed by atoms with Crippen LogP contribution in [0.4, 0.5) is 10.5 Å². The van der Waals surface area contributed by atoms with Crippen molar-refractivity contribution in [2.75, 3.05) is 25.6 Å². The highest BCUT2D eigenvalue weighted by Crippen LogP contribution is 2.32. The molecule has 2 aromatic rings. The molecule has 3 rings (SSSR count). The minimum absolute atomic E-state index is 0.0652. The molecule has 0 spiro atoms. The van der Waals surface area contributed by atoms with E-state index in [9.17, 15) is 14.4 Å². The van der Waals surface area contributed by atoms with E-state index >= 15 is 0 Å². The maximum atomic E-state index is 12.2. The van der Waals surface area contributed by atoms with Crippen molar-refractivity contribution in [2.45, 2.75) is 13.0 Å². The van der Waals surface area contributed by atoms with Crippen LogP contribution < -0.4 is 24.8 Å². The van der Waals surface area contributed by atoms with Crippen LogP contribution >= 0.6 is 0 Å². The van der Waals surface area contributed by atoms with Gasteiger partial charge in [0.2, 0.25) is 5.88 Å². The molecule has 152 valence electrons. The summed E-state index contributed by atoms with van der Waals surface area (Å²) in [7, 11) is 1.36. The molecule has 2 heterocycles. The molecule has 10 nitrogen and oxygen atoms in total. The summed E-state index contributed by atoms with van der Waals surface area (Å²) in [6.45, 7) is 2.20. The summed E-state index contributed by atoms with van der Waals surface area (Å²) >= 11 is 0. The number of pyridine rings is 1. The number of esters is 1. The number of urea groups is 1. The molecule has 3 amide bonds. The Kier molecular flexibility index (Phi) is 6.12. The minimum atomic E-state index is -1.22. The van der Waals surface area contributed by atoms with E-state index in [0.717, 1.165) is 0 Å². The molecule has 0 aliphatic carbocycles. The van der Waals surface area contributed by atoms with Crippen LogP contribution in [0.5, 0.6) is 17.4 Å². The van der Waals surface area contributed by atoms with Gasteiger partial charge in [-0.25, -0.2) is 14.6 Å². The van der Waals surface area contributed by atoms with Crippen molar-refractivity contribution in [3.05, 3.63) is 42.1 Å². The molecule has 0 radical (unpaired) electrons. The fourth-order valence-corrected chi connectivity index (χ4v) is 2.48. The maximum absolute atomic E-state index is 12.2. The number of carbonyl (C=O) groups is 3. The summed E-state index contributed by atoms with van der Waals surface area (Å²) in [5, 5.41) is 4.61. The molecule has 1 aromatic heterocycles. The highest BCUT2D eigenvalue weighted by Gasteiger charge is 2.23. The van der Waals surface area contributed by atoms with Gasteiger partial charge >= 0.3 is 12.0 Å². The number of hydrogen-bond acceptors (Lipinski definition) is 8. The Bertz CT molecular complexity index is 932. The van der Waals surface area contributed by atoms with Crippen molar-refractivity contribution < 1.29 is 33.3 Å². The number of nitrogens with zero attached hydrogens (tertiary/aromatic N) is 1. The first-order valence-electron chi connectivity index (χ1n) is 8.69. The average molecular weight is 401 g/mol. The monoisotopic (exact) mass is 401 g/mol. The minimum Gasteiger partial charge on any atom is -0.486 e. The van der Waals surface area contributed by atoms with Crippen LogP contribution in [0.15, 0.2) is 36.5 Å². The molecule has 0 fully saturated rings. The lowest BCUT2D eigenvalue weighted by molar-refractivity contribution is -0.127. The number of hydrogen-bond donors (Lipinski definition) is 2. The quantitative estimate of drug-likeness (QED) is 0.726. The normalized spacial score (nSPS) is 13.0. The van der Waals surface area contributed by atoms with Crippen LogP contribution in [0.1, 0.15) is 17.3 Å². The van der Waals surface area contributed by atoms with Gasteiger partial charge in [-0.3, -0.25) is 10.1 Å². The molecule has 1 aromatic carbocycles. The number of anilines is 1. The van der Waals surface area contributed by atoms with Gasteiger partial charge in [0.15, 0.2) is 17.6 Å². The van der Waals surface area contributed by atoms with E-state index in [4.69, 9.17) is 18.9 Å². The van der Waals surface area contributed by atoms with Gasteiger partial charge in [-0.2, -0.15) is 0 Å². The van der Waals surface area contributed by atoms with E-state index in [-0.39, 0.29) is 11.4 Å². The molecular weight excluding hydrogens is 382 g/mol. The molecule has 1 atom stereocenters. The van der Waals surface area contributed by atoms with E-state index in [2.05, 4.69) is 15.6 Å². The summed E-state index contributed by atoms with van der Waals surface area (Å²) in [5.74, 6) is -0.458. The molecule has 10 heteroatoms. The molecule has 0 saturated heterocycles. The smallest absolute Gasteiger partial charge is 0.344 e. The largest absolute Gasteiger partial charge is 0.486 e. The van der Waals surface area contributed by atoms with Gasteiger partial charge in [0.25, 0.3) is 5.91 Å². The number of benzene rings is 1. The summed E-state index contributed by atoms with van der Waals surface area (Å²) in [5.41, 5.74) is 0.472. The standard InChI is InChI=1S/C19H19N3O7/c1-11(29-18(24)13-4-3-7-20-17(13)26-2)16(23)22-19(25)21-12-5-6-14-15(10-12)28-9-8-27-14/h3-7,10-11H,8-9H2,1-2H3,(H2,21,22,23,25)/t11-/m1/s1. The van der Waals surface area contributed by atoms with Gasteiger partial charge in [0, 0.05) is 18.0 Å². The summed E-state index contributed by atoms with van der Waals surface area (Å²) in [6, 6.07) is 7.04. The van der Waals surface area contributed by atoms with Crippen molar-refractivity contribution in [3.8, 4) is 17.4 Å². The first-order valence-corrected chi connectivity index (χ1v) is 8.69. The number of methoxy groups -OCH3 is 1. The summed E-state index contributed by atoms with van der Waals surface area (Å²) in [4.78, 5) is 40.3. The Morgan fingerprint density at radius 1 is 1.14 bits per heavy atom. The van der Waals surface area contributed by atoms with Crippen LogP contribution in [-0.2, 0) is 9.53 Å². The first-order chi connectivity index (χ1) is 14.0. The third-order valence-electron chi connectivity index (χ3n) is 3.87. The molecule has 1 aliphatic heterocycles. The van der Waals surface area contributed by atoms with Gasteiger partial charge in [-0.15, -0.1) is 0 Å². The highest BCUT2D eigenvalue weighted by atomic mass is 16.6. The third-order valence-corrected chi connectivity index (χ3v) is 3.87. The van der Waals surface area contributed by atoms with Gasteiger partial charge in [-0.05, 0) is 31.2 Å². The van der Waals surface area contributed by atoms with Crippen molar-refractivity contribution in [2.24, 2.45) is 0 Å². The lowest BCUT2D eigenvalue weighted by atomic mass is 10.2. The number of ether oxygens (including phenoxy) is 4. The Balaban J connectivity index is 1.55. The Morgan fingerprint density at radius 2 is 1.90 bits per heavy atom.